The molecule has 0 N–H and O–H groups in total. The number of fused-ring (bicyclic) bond motifs is 4. The summed E-state index contributed by atoms with van der Waals surface area (Å²) in [6, 6.07) is 10.2. The second kappa shape index (κ2) is 6.73. The van der Waals surface area contributed by atoms with Crippen molar-refractivity contribution in [1.82, 2.24) is 19.0 Å². The minimum atomic E-state index is 0.0758. The largest absolute Gasteiger partial charge is 0.334 e. The highest BCUT2D eigenvalue weighted by molar-refractivity contribution is 7.12. The zero-order valence-electron chi connectivity index (χ0n) is 15.7. The molecule has 1 saturated heterocycles. The first kappa shape index (κ1) is 17.4. The zero-order chi connectivity index (χ0) is 19.3. The van der Waals surface area contributed by atoms with Gasteiger partial charge < -0.3 is 9.13 Å². The number of aromatic nitrogens is 3. The van der Waals surface area contributed by atoms with E-state index in [1.807, 2.05) is 34.5 Å². The van der Waals surface area contributed by atoms with Gasteiger partial charge in [0.2, 0.25) is 0 Å². The molecule has 6 nitrogen and oxygen atoms in total. The second-order valence-electron chi connectivity index (χ2n) is 7.82. The summed E-state index contributed by atoms with van der Waals surface area (Å²) >= 11 is 1.58. The quantitative estimate of drug-likeness (QED) is 0.689. The van der Waals surface area contributed by atoms with E-state index in [1.165, 1.54) is 4.88 Å². The Morgan fingerprint density at radius 2 is 2.14 bits per heavy atom. The van der Waals surface area contributed by atoms with E-state index in [-0.39, 0.29) is 5.56 Å². The summed E-state index contributed by atoms with van der Waals surface area (Å²) in [5.74, 6) is 1.59. The Kier molecular flexibility index (Phi) is 4.18. The Labute approximate surface area is 167 Å². The molecule has 7 heteroatoms. The summed E-state index contributed by atoms with van der Waals surface area (Å²) in [6.07, 6.45) is 4.74. The fourth-order valence-electron chi connectivity index (χ4n) is 4.71. The van der Waals surface area contributed by atoms with E-state index in [1.54, 1.807) is 17.5 Å². The van der Waals surface area contributed by atoms with Crippen molar-refractivity contribution in [3.8, 4) is 17.5 Å². The van der Waals surface area contributed by atoms with Crippen molar-refractivity contribution in [2.75, 3.05) is 13.1 Å². The standard InChI is InChI=1S/C21H21N5OS/c1-24-7-6-23-20(24)18-4-5-19-15-8-14(11-26(19)21(18)27)10-25(12-15)13-17-3-2-16(9-22)28-17/h2-7,14-15H,8,10-13H2,1H3/t14-,15+/m0/s1. The van der Waals surface area contributed by atoms with Gasteiger partial charge in [0.15, 0.2) is 0 Å². The molecule has 5 heterocycles. The number of imidazole rings is 1. The zero-order valence-corrected chi connectivity index (χ0v) is 16.5. The number of thiophene rings is 1. The van der Waals surface area contributed by atoms with E-state index in [0.29, 0.717) is 17.4 Å². The maximum Gasteiger partial charge on any atom is 0.261 e. The van der Waals surface area contributed by atoms with E-state index in [2.05, 4.69) is 28.1 Å². The van der Waals surface area contributed by atoms with E-state index in [4.69, 9.17) is 5.26 Å². The van der Waals surface area contributed by atoms with Crippen molar-refractivity contribution in [3.63, 3.8) is 0 Å². The van der Waals surface area contributed by atoms with Gasteiger partial charge >= 0.3 is 0 Å². The van der Waals surface area contributed by atoms with Gasteiger partial charge in [-0.15, -0.1) is 11.3 Å². The predicted octanol–water partition coefficient (Wildman–Crippen LogP) is 2.80. The highest BCUT2D eigenvalue weighted by Crippen LogP contribution is 2.36. The number of nitrogens with zero attached hydrogens (tertiary/aromatic N) is 5. The average Bonchev–Trinajstić information content (AvgIpc) is 3.31. The maximum atomic E-state index is 13.2. The van der Waals surface area contributed by atoms with Crippen LogP contribution in [0.25, 0.3) is 11.4 Å². The van der Waals surface area contributed by atoms with Gasteiger partial charge in [-0.25, -0.2) is 4.98 Å². The first-order valence-electron chi connectivity index (χ1n) is 9.55. The van der Waals surface area contributed by atoms with Crippen LogP contribution in [-0.2, 0) is 20.1 Å². The summed E-state index contributed by atoms with van der Waals surface area (Å²) in [7, 11) is 1.92. The predicted molar refractivity (Wildman–Crippen MR) is 108 cm³/mol. The molecule has 2 aliphatic heterocycles. The first-order valence-corrected chi connectivity index (χ1v) is 10.4. The first-order chi connectivity index (χ1) is 13.6. The van der Waals surface area contributed by atoms with Crippen molar-refractivity contribution >= 4 is 11.3 Å². The van der Waals surface area contributed by atoms with Gasteiger partial charge in [0, 0.05) is 62.1 Å². The minimum absolute atomic E-state index is 0.0758. The van der Waals surface area contributed by atoms with Gasteiger partial charge in [0.25, 0.3) is 5.56 Å². The van der Waals surface area contributed by atoms with Crippen molar-refractivity contribution in [2.45, 2.75) is 25.4 Å². The van der Waals surface area contributed by atoms with Gasteiger partial charge in [0.1, 0.15) is 16.8 Å². The summed E-state index contributed by atoms with van der Waals surface area (Å²) in [5, 5.41) is 9.04. The maximum absolute atomic E-state index is 13.2. The Bertz CT molecular complexity index is 1130. The molecule has 0 spiro atoms. The van der Waals surface area contributed by atoms with E-state index < -0.39 is 0 Å². The van der Waals surface area contributed by atoms with Crippen molar-refractivity contribution < 1.29 is 0 Å². The van der Waals surface area contributed by atoms with Crippen LogP contribution in [0.4, 0.5) is 0 Å². The van der Waals surface area contributed by atoms with E-state index in [0.717, 1.165) is 49.0 Å². The number of likely N-dealkylation sites (tertiary alicyclic amines) is 1. The van der Waals surface area contributed by atoms with Gasteiger partial charge in [0.05, 0.1) is 5.56 Å². The SMILES string of the molecule is Cn1ccnc1-c1ccc2n(c1=O)C[C@H]1C[C@@H]2CN(Cc2ccc(C#N)s2)C1. The molecule has 0 saturated carbocycles. The molecular weight excluding hydrogens is 370 g/mol. The third-order valence-corrected chi connectivity index (χ3v) is 6.87. The number of hydrogen-bond donors (Lipinski definition) is 0. The number of rotatable bonds is 3. The Balaban J connectivity index is 1.43. The molecule has 0 radical (unpaired) electrons. The smallest absolute Gasteiger partial charge is 0.261 e. The Morgan fingerprint density at radius 1 is 1.25 bits per heavy atom. The highest BCUT2D eigenvalue weighted by atomic mass is 32.1. The van der Waals surface area contributed by atoms with Crippen LogP contribution in [0.2, 0.25) is 0 Å². The van der Waals surface area contributed by atoms with Gasteiger partial charge in [-0.3, -0.25) is 9.69 Å². The summed E-state index contributed by atoms with van der Waals surface area (Å²) < 4.78 is 3.88. The number of aryl methyl sites for hydroxylation is 1. The average molecular weight is 392 g/mol. The third kappa shape index (κ3) is 2.89. The second-order valence-corrected chi connectivity index (χ2v) is 8.99. The fraction of sp³-hybridized carbons (Fsp3) is 0.381. The Hall–Kier alpha value is -2.69. The lowest BCUT2D eigenvalue weighted by Gasteiger charge is -2.42. The molecule has 2 atom stereocenters. The molecule has 5 rings (SSSR count). The van der Waals surface area contributed by atoms with E-state index >= 15 is 0 Å². The highest BCUT2D eigenvalue weighted by Gasteiger charge is 2.35. The summed E-state index contributed by atoms with van der Waals surface area (Å²) in [5.41, 5.74) is 1.90. The molecule has 2 bridgehead atoms. The normalized spacial score (nSPS) is 21.3. The minimum Gasteiger partial charge on any atom is -0.334 e. The summed E-state index contributed by atoms with van der Waals surface area (Å²) in [4.78, 5) is 22.0. The number of hydrogen-bond acceptors (Lipinski definition) is 5. The van der Waals surface area contributed by atoms with Crippen LogP contribution in [0, 0.1) is 17.2 Å². The van der Waals surface area contributed by atoms with Crippen LogP contribution in [0.1, 0.15) is 27.8 Å². The van der Waals surface area contributed by atoms with Crippen LogP contribution in [0.3, 0.4) is 0 Å². The van der Waals surface area contributed by atoms with Crippen LogP contribution >= 0.6 is 11.3 Å². The summed E-state index contributed by atoms with van der Waals surface area (Å²) in [6.45, 7) is 3.61. The van der Waals surface area contributed by atoms with Crippen LogP contribution in [0.15, 0.2) is 41.5 Å². The van der Waals surface area contributed by atoms with Crippen molar-refractivity contribution in [3.05, 3.63) is 62.5 Å². The molecule has 0 amide bonds. The molecule has 3 aromatic rings. The van der Waals surface area contributed by atoms with Gasteiger partial charge in [-0.2, -0.15) is 5.26 Å². The topological polar surface area (TPSA) is 66.8 Å². The van der Waals surface area contributed by atoms with Gasteiger partial charge in [-0.05, 0) is 36.6 Å². The van der Waals surface area contributed by atoms with Gasteiger partial charge in [-0.1, -0.05) is 0 Å². The molecule has 3 aromatic heterocycles. The van der Waals surface area contributed by atoms with E-state index in [9.17, 15) is 4.79 Å². The molecule has 0 aliphatic carbocycles. The number of pyridine rings is 1. The molecule has 2 aliphatic rings. The number of nitriles is 1. The van der Waals surface area contributed by atoms with Crippen LogP contribution in [0.5, 0.6) is 0 Å². The van der Waals surface area contributed by atoms with Crippen molar-refractivity contribution in [2.24, 2.45) is 13.0 Å². The molecule has 1 fully saturated rings. The van der Waals surface area contributed by atoms with Crippen molar-refractivity contribution in [1.29, 1.82) is 5.26 Å². The number of piperidine rings is 1. The van der Waals surface area contributed by atoms with Crippen LogP contribution in [-0.4, -0.2) is 32.1 Å². The lowest BCUT2D eigenvalue weighted by atomic mass is 9.83. The lowest BCUT2D eigenvalue weighted by molar-refractivity contribution is 0.115. The van der Waals surface area contributed by atoms with Crippen LogP contribution < -0.4 is 5.56 Å². The molecule has 142 valence electrons. The lowest BCUT2D eigenvalue weighted by Crippen LogP contribution is -2.46. The molecule has 0 aromatic carbocycles. The monoisotopic (exact) mass is 391 g/mol. The molecule has 0 unspecified atom stereocenters. The Morgan fingerprint density at radius 3 is 2.89 bits per heavy atom. The molecule has 28 heavy (non-hydrogen) atoms. The third-order valence-electron chi connectivity index (χ3n) is 5.89. The molecular formula is C21H21N5OS. The fourth-order valence-corrected chi connectivity index (χ4v) is 5.56.